The molecule has 0 saturated heterocycles. The highest BCUT2D eigenvalue weighted by Gasteiger charge is 2.20. The van der Waals surface area contributed by atoms with Gasteiger partial charge in [-0.15, -0.1) is 11.3 Å². The molecule has 0 saturated carbocycles. The van der Waals surface area contributed by atoms with Crippen molar-refractivity contribution >= 4 is 38.8 Å². The first kappa shape index (κ1) is 20.4. The number of nitro groups is 1. The molecule has 2 aromatic carbocycles. The standard InChI is InChI=1S/C22H18N4O4S/c1-13-5-3-4-6-17(13)24-20(27)19-14(2)18-21(31-19)23-12-25(22(18)28)11-15-7-9-16(10-8-15)26(29)30/h3-10,12H,11H2,1-2H3,(H,24,27). The van der Waals surface area contributed by atoms with Crippen LogP contribution in [0, 0.1) is 24.0 Å². The Hall–Kier alpha value is -3.85. The van der Waals surface area contributed by atoms with E-state index in [1.807, 2.05) is 31.2 Å². The molecule has 0 aliphatic rings. The number of benzene rings is 2. The zero-order valence-electron chi connectivity index (χ0n) is 16.8. The fourth-order valence-corrected chi connectivity index (χ4v) is 4.33. The molecule has 4 rings (SSSR count). The van der Waals surface area contributed by atoms with Crippen LogP contribution >= 0.6 is 11.3 Å². The van der Waals surface area contributed by atoms with Crippen molar-refractivity contribution in [3.8, 4) is 0 Å². The molecule has 0 unspecified atom stereocenters. The third kappa shape index (κ3) is 3.95. The summed E-state index contributed by atoms with van der Waals surface area (Å²) in [5.41, 5.74) is 2.71. The SMILES string of the molecule is Cc1ccccc1NC(=O)c1sc2ncn(Cc3ccc([N+](=O)[O-])cc3)c(=O)c2c1C. The van der Waals surface area contributed by atoms with Gasteiger partial charge in [0, 0.05) is 17.8 Å². The van der Waals surface area contributed by atoms with Gasteiger partial charge in [-0.1, -0.05) is 30.3 Å². The van der Waals surface area contributed by atoms with Crippen LogP contribution in [0.2, 0.25) is 0 Å². The topological polar surface area (TPSA) is 107 Å². The lowest BCUT2D eigenvalue weighted by Crippen LogP contribution is -2.21. The van der Waals surface area contributed by atoms with E-state index in [-0.39, 0.29) is 23.7 Å². The molecule has 1 N–H and O–H groups in total. The molecule has 0 fully saturated rings. The van der Waals surface area contributed by atoms with Crippen LogP contribution in [0.15, 0.2) is 59.7 Å². The predicted octanol–water partition coefficient (Wildman–Crippen LogP) is 4.28. The molecule has 0 bridgehead atoms. The largest absolute Gasteiger partial charge is 0.321 e. The molecule has 8 nitrogen and oxygen atoms in total. The van der Waals surface area contributed by atoms with Gasteiger partial charge in [0.1, 0.15) is 4.83 Å². The number of thiophene rings is 1. The average Bonchev–Trinajstić information content (AvgIpc) is 3.09. The van der Waals surface area contributed by atoms with Crippen molar-refractivity contribution in [2.45, 2.75) is 20.4 Å². The summed E-state index contributed by atoms with van der Waals surface area (Å²) in [6, 6.07) is 13.5. The first-order chi connectivity index (χ1) is 14.8. The van der Waals surface area contributed by atoms with Gasteiger partial charge < -0.3 is 5.32 Å². The summed E-state index contributed by atoms with van der Waals surface area (Å²) in [5.74, 6) is -0.281. The average molecular weight is 434 g/mol. The van der Waals surface area contributed by atoms with E-state index < -0.39 is 4.92 Å². The Morgan fingerprint density at radius 1 is 1.16 bits per heavy atom. The van der Waals surface area contributed by atoms with Gasteiger partial charge in [-0.3, -0.25) is 24.3 Å². The maximum Gasteiger partial charge on any atom is 0.269 e. The van der Waals surface area contributed by atoms with Crippen LogP contribution in [0.5, 0.6) is 0 Å². The molecule has 0 atom stereocenters. The minimum absolute atomic E-state index is 0.0114. The van der Waals surface area contributed by atoms with Crippen molar-refractivity contribution in [3.05, 3.63) is 96.9 Å². The summed E-state index contributed by atoms with van der Waals surface area (Å²) >= 11 is 1.18. The van der Waals surface area contributed by atoms with E-state index in [1.54, 1.807) is 19.1 Å². The number of carbonyl (C=O) groups is 1. The first-order valence-electron chi connectivity index (χ1n) is 9.44. The fourth-order valence-electron chi connectivity index (χ4n) is 3.30. The number of anilines is 1. The molecular formula is C22H18N4O4S. The number of hydrogen-bond donors (Lipinski definition) is 1. The van der Waals surface area contributed by atoms with Gasteiger partial charge in [0.15, 0.2) is 0 Å². The molecular weight excluding hydrogens is 416 g/mol. The molecule has 0 spiro atoms. The molecule has 2 heterocycles. The number of amides is 1. The number of non-ortho nitro benzene ring substituents is 1. The Bertz CT molecular complexity index is 1370. The Morgan fingerprint density at radius 3 is 2.55 bits per heavy atom. The number of nitro benzene ring substituents is 1. The van der Waals surface area contributed by atoms with E-state index in [4.69, 9.17) is 0 Å². The van der Waals surface area contributed by atoms with Crippen LogP contribution in [-0.2, 0) is 6.54 Å². The van der Waals surface area contributed by atoms with E-state index in [1.165, 1.54) is 34.4 Å². The lowest BCUT2D eigenvalue weighted by molar-refractivity contribution is -0.384. The molecule has 0 radical (unpaired) electrons. The number of nitrogens with one attached hydrogen (secondary N) is 1. The molecule has 0 aliphatic carbocycles. The van der Waals surface area contributed by atoms with E-state index in [9.17, 15) is 19.7 Å². The summed E-state index contributed by atoms with van der Waals surface area (Å²) in [7, 11) is 0. The number of nitrogens with zero attached hydrogens (tertiary/aromatic N) is 3. The fraction of sp³-hybridized carbons (Fsp3) is 0.136. The van der Waals surface area contributed by atoms with Crippen LogP contribution in [0.25, 0.3) is 10.2 Å². The second kappa shape index (κ2) is 8.11. The molecule has 156 valence electrons. The van der Waals surface area contributed by atoms with Crippen molar-refractivity contribution in [1.82, 2.24) is 9.55 Å². The third-order valence-corrected chi connectivity index (χ3v) is 6.22. The van der Waals surface area contributed by atoms with E-state index >= 15 is 0 Å². The summed E-state index contributed by atoms with van der Waals surface area (Å²) < 4.78 is 1.44. The second-order valence-corrected chi connectivity index (χ2v) is 8.11. The molecule has 31 heavy (non-hydrogen) atoms. The maximum absolute atomic E-state index is 13.1. The third-order valence-electron chi connectivity index (χ3n) is 5.02. The summed E-state index contributed by atoms with van der Waals surface area (Å²) in [4.78, 5) is 41.5. The Morgan fingerprint density at radius 2 is 1.87 bits per heavy atom. The first-order valence-corrected chi connectivity index (χ1v) is 10.3. The zero-order chi connectivity index (χ0) is 22.1. The monoisotopic (exact) mass is 434 g/mol. The smallest absolute Gasteiger partial charge is 0.269 e. The van der Waals surface area contributed by atoms with E-state index in [0.29, 0.717) is 26.3 Å². The van der Waals surface area contributed by atoms with Gasteiger partial charge in [-0.2, -0.15) is 0 Å². The maximum atomic E-state index is 13.1. The summed E-state index contributed by atoms with van der Waals surface area (Å²) in [5, 5.41) is 14.1. The van der Waals surface area contributed by atoms with Crippen molar-refractivity contribution in [1.29, 1.82) is 0 Å². The Kier molecular flexibility index (Phi) is 5.35. The number of para-hydroxylation sites is 1. The quantitative estimate of drug-likeness (QED) is 0.373. The molecule has 2 aromatic heterocycles. The number of aryl methyl sites for hydroxylation is 2. The van der Waals surface area contributed by atoms with Crippen LogP contribution in [0.4, 0.5) is 11.4 Å². The van der Waals surface area contributed by atoms with Crippen LogP contribution in [0.1, 0.15) is 26.4 Å². The Balaban J connectivity index is 1.66. The Labute approximate surface area is 181 Å². The lowest BCUT2D eigenvalue weighted by Gasteiger charge is -2.07. The number of carbonyl (C=O) groups excluding carboxylic acids is 1. The van der Waals surface area contributed by atoms with Crippen molar-refractivity contribution in [2.24, 2.45) is 0 Å². The van der Waals surface area contributed by atoms with Gasteiger partial charge in [0.05, 0.1) is 28.1 Å². The highest BCUT2D eigenvalue weighted by atomic mass is 32.1. The molecule has 0 aliphatic heterocycles. The number of rotatable bonds is 5. The van der Waals surface area contributed by atoms with Gasteiger partial charge >= 0.3 is 0 Å². The normalized spacial score (nSPS) is 10.9. The predicted molar refractivity (Wildman–Crippen MR) is 120 cm³/mol. The van der Waals surface area contributed by atoms with E-state index in [2.05, 4.69) is 10.3 Å². The summed E-state index contributed by atoms with van der Waals surface area (Å²) in [6.45, 7) is 3.87. The van der Waals surface area contributed by atoms with Gasteiger partial charge in [-0.05, 0) is 36.6 Å². The highest BCUT2D eigenvalue weighted by molar-refractivity contribution is 7.20. The van der Waals surface area contributed by atoms with E-state index in [0.717, 1.165) is 11.1 Å². The minimum Gasteiger partial charge on any atom is -0.321 e. The van der Waals surface area contributed by atoms with Crippen LogP contribution in [0.3, 0.4) is 0 Å². The molecule has 4 aromatic rings. The van der Waals surface area contributed by atoms with Crippen molar-refractivity contribution in [2.75, 3.05) is 5.32 Å². The minimum atomic E-state index is -0.470. The van der Waals surface area contributed by atoms with Crippen LogP contribution < -0.4 is 10.9 Å². The molecule has 1 amide bonds. The lowest BCUT2D eigenvalue weighted by atomic mass is 10.1. The summed E-state index contributed by atoms with van der Waals surface area (Å²) in [6.07, 6.45) is 1.44. The van der Waals surface area contributed by atoms with Crippen molar-refractivity contribution in [3.63, 3.8) is 0 Å². The van der Waals surface area contributed by atoms with Gasteiger partial charge in [0.2, 0.25) is 0 Å². The number of fused-ring (bicyclic) bond motifs is 1. The second-order valence-electron chi connectivity index (χ2n) is 7.11. The van der Waals surface area contributed by atoms with Gasteiger partial charge in [-0.25, -0.2) is 4.98 Å². The number of aromatic nitrogens is 2. The van der Waals surface area contributed by atoms with Crippen molar-refractivity contribution < 1.29 is 9.72 Å². The highest BCUT2D eigenvalue weighted by Crippen LogP contribution is 2.28. The zero-order valence-corrected chi connectivity index (χ0v) is 17.6. The van der Waals surface area contributed by atoms with Crippen LogP contribution in [-0.4, -0.2) is 20.4 Å². The molecule has 9 heteroatoms. The number of hydrogen-bond acceptors (Lipinski definition) is 6. The van der Waals surface area contributed by atoms with Gasteiger partial charge in [0.25, 0.3) is 17.2 Å².